The first-order valence-electron chi connectivity index (χ1n) is 5.97. The third-order valence-electron chi connectivity index (χ3n) is 2.57. The summed E-state index contributed by atoms with van der Waals surface area (Å²) >= 11 is 0. The molecule has 0 aliphatic heterocycles. The Bertz CT molecular complexity index is 662. The second-order valence-corrected chi connectivity index (χ2v) is 3.95. The largest absolute Gasteiger partial charge is 0.464 e. The van der Waals surface area contributed by atoms with Crippen molar-refractivity contribution in [1.29, 1.82) is 0 Å². The van der Waals surface area contributed by atoms with Gasteiger partial charge in [0.1, 0.15) is 6.33 Å². The molecule has 0 amide bonds. The number of rotatable bonds is 4. The SMILES string of the molecule is CC#CCOc1cc(Cc2cccc(F)c2F)ncn1. The van der Waals surface area contributed by atoms with Gasteiger partial charge in [0.05, 0.1) is 5.69 Å². The molecule has 0 aliphatic rings. The Morgan fingerprint density at radius 3 is 2.90 bits per heavy atom. The van der Waals surface area contributed by atoms with Crippen LogP contribution in [0.3, 0.4) is 0 Å². The van der Waals surface area contributed by atoms with Gasteiger partial charge in [-0.05, 0) is 18.6 Å². The molecular weight excluding hydrogens is 262 g/mol. The first kappa shape index (κ1) is 13.9. The molecule has 3 nitrogen and oxygen atoms in total. The number of hydrogen-bond donors (Lipinski definition) is 0. The molecule has 2 rings (SSSR count). The van der Waals surface area contributed by atoms with E-state index in [4.69, 9.17) is 4.74 Å². The molecule has 2 aromatic rings. The Balaban J connectivity index is 2.14. The zero-order chi connectivity index (χ0) is 14.4. The van der Waals surface area contributed by atoms with Crippen molar-refractivity contribution >= 4 is 0 Å². The van der Waals surface area contributed by atoms with E-state index < -0.39 is 11.6 Å². The van der Waals surface area contributed by atoms with Crippen LogP contribution in [0.1, 0.15) is 18.2 Å². The van der Waals surface area contributed by atoms with Crippen molar-refractivity contribution in [3.63, 3.8) is 0 Å². The van der Waals surface area contributed by atoms with Crippen molar-refractivity contribution in [3.8, 4) is 17.7 Å². The quantitative estimate of drug-likeness (QED) is 0.804. The van der Waals surface area contributed by atoms with E-state index in [0.717, 1.165) is 6.07 Å². The van der Waals surface area contributed by atoms with Crippen LogP contribution in [-0.2, 0) is 6.42 Å². The molecule has 0 saturated heterocycles. The summed E-state index contributed by atoms with van der Waals surface area (Å²) in [7, 11) is 0. The number of nitrogens with zero attached hydrogens (tertiary/aromatic N) is 2. The molecule has 0 aliphatic carbocycles. The maximum Gasteiger partial charge on any atom is 0.217 e. The molecule has 0 saturated carbocycles. The summed E-state index contributed by atoms with van der Waals surface area (Å²) in [6.45, 7) is 1.93. The third-order valence-corrected chi connectivity index (χ3v) is 2.57. The van der Waals surface area contributed by atoms with Crippen molar-refractivity contribution < 1.29 is 13.5 Å². The summed E-state index contributed by atoms with van der Waals surface area (Å²) in [5.41, 5.74) is 0.784. The van der Waals surface area contributed by atoms with Crippen LogP contribution in [0.25, 0.3) is 0 Å². The molecule has 0 atom stereocenters. The molecule has 0 fully saturated rings. The average molecular weight is 274 g/mol. The van der Waals surface area contributed by atoms with Gasteiger partial charge in [0, 0.05) is 12.5 Å². The Kier molecular flexibility index (Phi) is 4.61. The van der Waals surface area contributed by atoms with Crippen molar-refractivity contribution in [2.75, 3.05) is 6.61 Å². The highest BCUT2D eigenvalue weighted by Gasteiger charge is 2.09. The van der Waals surface area contributed by atoms with Crippen LogP contribution in [0.15, 0.2) is 30.6 Å². The minimum atomic E-state index is -0.869. The number of ether oxygens (including phenoxy) is 1. The van der Waals surface area contributed by atoms with Gasteiger partial charge in [-0.1, -0.05) is 18.1 Å². The van der Waals surface area contributed by atoms with Crippen molar-refractivity contribution in [2.45, 2.75) is 13.3 Å². The average Bonchev–Trinajstić information content (AvgIpc) is 2.45. The lowest BCUT2D eigenvalue weighted by Gasteiger charge is -2.05. The Labute approximate surface area is 115 Å². The van der Waals surface area contributed by atoms with Gasteiger partial charge in [0.25, 0.3) is 0 Å². The Morgan fingerprint density at radius 1 is 1.25 bits per heavy atom. The Hall–Kier alpha value is -2.48. The van der Waals surface area contributed by atoms with Gasteiger partial charge >= 0.3 is 0 Å². The highest BCUT2D eigenvalue weighted by molar-refractivity contribution is 5.26. The third kappa shape index (κ3) is 3.51. The van der Waals surface area contributed by atoms with E-state index in [1.54, 1.807) is 13.0 Å². The number of aromatic nitrogens is 2. The lowest BCUT2D eigenvalue weighted by Crippen LogP contribution is -2.01. The molecule has 0 bridgehead atoms. The van der Waals surface area contributed by atoms with Crippen molar-refractivity contribution in [1.82, 2.24) is 9.97 Å². The smallest absolute Gasteiger partial charge is 0.217 e. The molecule has 5 heteroatoms. The topological polar surface area (TPSA) is 35.0 Å². The molecular formula is C15H12F2N2O. The van der Waals surface area contributed by atoms with Gasteiger partial charge in [-0.15, -0.1) is 5.92 Å². The zero-order valence-electron chi connectivity index (χ0n) is 10.9. The Morgan fingerprint density at radius 2 is 2.10 bits per heavy atom. The van der Waals surface area contributed by atoms with Gasteiger partial charge in [-0.2, -0.15) is 0 Å². The van der Waals surface area contributed by atoms with E-state index in [2.05, 4.69) is 21.8 Å². The standard InChI is InChI=1S/C15H12F2N2O/c1-2-3-7-20-14-9-12(18-10-19-14)8-11-5-4-6-13(16)15(11)17/h4-6,9-10H,7-8H2,1H3. The first-order valence-corrected chi connectivity index (χ1v) is 5.97. The number of hydrogen-bond acceptors (Lipinski definition) is 3. The van der Waals surface area contributed by atoms with Gasteiger partial charge in [0.15, 0.2) is 18.2 Å². The molecule has 0 spiro atoms. The molecule has 0 radical (unpaired) electrons. The maximum absolute atomic E-state index is 13.6. The second kappa shape index (κ2) is 6.62. The molecule has 0 unspecified atom stereocenters. The normalized spacial score (nSPS) is 9.75. The summed E-state index contributed by atoms with van der Waals surface area (Å²) in [6.07, 6.45) is 1.49. The molecule has 0 N–H and O–H groups in total. The minimum absolute atomic E-state index is 0.169. The fourth-order valence-corrected chi connectivity index (χ4v) is 1.61. The molecule has 1 aromatic carbocycles. The van der Waals surface area contributed by atoms with Crippen LogP contribution in [0.2, 0.25) is 0 Å². The molecule has 1 aromatic heterocycles. The van der Waals surface area contributed by atoms with Crippen LogP contribution < -0.4 is 4.74 Å². The summed E-state index contributed by atoms with van der Waals surface area (Å²) in [6, 6.07) is 5.64. The van der Waals surface area contributed by atoms with Crippen LogP contribution in [0.4, 0.5) is 8.78 Å². The molecule has 102 valence electrons. The van der Waals surface area contributed by atoms with Crippen LogP contribution in [0.5, 0.6) is 5.88 Å². The molecule has 20 heavy (non-hydrogen) atoms. The van der Waals surface area contributed by atoms with E-state index in [1.165, 1.54) is 18.5 Å². The zero-order valence-corrected chi connectivity index (χ0v) is 10.9. The lowest BCUT2D eigenvalue weighted by molar-refractivity contribution is 0.354. The van der Waals surface area contributed by atoms with Crippen molar-refractivity contribution in [3.05, 3.63) is 53.5 Å². The van der Waals surface area contributed by atoms with E-state index >= 15 is 0 Å². The predicted molar refractivity (Wildman–Crippen MR) is 70.1 cm³/mol. The highest BCUT2D eigenvalue weighted by atomic mass is 19.2. The van der Waals surface area contributed by atoms with E-state index in [-0.39, 0.29) is 18.6 Å². The number of halogens is 2. The monoisotopic (exact) mass is 274 g/mol. The molecule has 1 heterocycles. The summed E-state index contributed by atoms with van der Waals surface area (Å²) in [5, 5.41) is 0. The second-order valence-electron chi connectivity index (χ2n) is 3.95. The van der Waals surface area contributed by atoms with E-state index in [0.29, 0.717) is 11.6 Å². The first-order chi connectivity index (χ1) is 9.70. The van der Waals surface area contributed by atoms with Gasteiger partial charge in [0.2, 0.25) is 5.88 Å². The van der Waals surface area contributed by atoms with Crippen LogP contribution in [0, 0.1) is 23.5 Å². The van der Waals surface area contributed by atoms with E-state index in [9.17, 15) is 8.78 Å². The van der Waals surface area contributed by atoms with E-state index in [1.807, 2.05) is 0 Å². The van der Waals surface area contributed by atoms with Crippen LogP contribution in [-0.4, -0.2) is 16.6 Å². The summed E-state index contributed by atoms with van der Waals surface area (Å²) < 4.78 is 32.0. The predicted octanol–water partition coefficient (Wildman–Crippen LogP) is 2.75. The summed E-state index contributed by atoms with van der Waals surface area (Å²) in [4.78, 5) is 7.94. The van der Waals surface area contributed by atoms with Gasteiger partial charge in [-0.3, -0.25) is 0 Å². The number of benzene rings is 1. The lowest BCUT2D eigenvalue weighted by atomic mass is 10.1. The van der Waals surface area contributed by atoms with Gasteiger partial charge in [-0.25, -0.2) is 18.7 Å². The van der Waals surface area contributed by atoms with Gasteiger partial charge < -0.3 is 4.74 Å². The summed E-state index contributed by atoms with van der Waals surface area (Å²) in [5.74, 6) is 4.07. The minimum Gasteiger partial charge on any atom is -0.464 e. The highest BCUT2D eigenvalue weighted by Crippen LogP contribution is 2.16. The fraction of sp³-hybridized carbons (Fsp3) is 0.200. The van der Waals surface area contributed by atoms with Crippen LogP contribution >= 0.6 is 0 Å². The van der Waals surface area contributed by atoms with Crippen molar-refractivity contribution in [2.24, 2.45) is 0 Å². The maximum atomic E-state index is 13.6. The fourth-order valence-electron chi connectivity index (χ4n) is 1.61.